The molecule has 2 aromatic rings. The van der Waals surface area contributed by atoms with Crippen LogP contribution in [0.3, 0.4) is 0 Å². The minimum absolute atomic E-state index is 0.0362. The average Bonchev–Trinajstić information content (AvgIpc) is 2.98. The molecular weight excluding hydrogens is 305 g/mol. The fraction of sp³-hybridized carbons (Fsp3) is 0.250. The van der Waals surface area contributed by atoms with Crippen molar-refractivity contribution in [2.75, 3.05) is 0 Å². The summed E-state index contributed by atoms with van der Waals surface area (Å²) in [6, 6.07) is 7.49. The number of amides is 1. The van der Waals surface area contributed by atoms with Crippen LogP contribution in [0, 0.1) is 5.82 Å². The minimum Gasteiger partial charge on any atom is -0.477 e. The van der Waals surface area contributed by atoms with Crippen molar-refractivity contribution in [2.24, 2.45) is 0 Å². The maximum atomic E-state index is 12.9. The summed E-state index contributed by atoms with van der Waals surface area (Å²) >= 11 is 1.02. The van der Waals surface area contributed by atoms with E-state index >= 15 is 0 Å². The van der Waals surface area contributed by atoms with Gasteiger partial charge in [-0.2, -0.15) is 0 Å². The van der Waals surface area contributed by atoms with Crippen LogP contribution in [0.5, 0.6) is 0 Å². The Morgan fingerprint density at radius 1 is 1.27 bits per heavy atom. The molecule has 0 aliphatic rings. The van der Waals surface area contributed by atoms with Crippen LogP contribution in [0.25, 0.3) is 0 Å². The predicted molar refractivity (Wildman–Crippen MR) is 82.9 cm³/mol. The van der Waals surface area contributed by atoms with Gasteiger partial charge in [0.15, 0.2) is 0 Å². The molecule has 0 aliphatic carbocycles. The number of thiophene rings is 1. The lowest BCUT2D eigenvalue weighted by atomic mass is 10.0. The topological polar surface area (TPSA) is 66.4 Å². The SMILES string of the molecule is CCC(Cc1ccc(F)cc1)NC(=O)c1ccsc1C(=O)O. The summed E-state index contributed by atoms with van der Waals surface area (Å²) in [6.45, 7) is 1.93. The van der Waals surface area contributed by atoms with E-state index in [0.29, 0.717) is 12.8 Å². The van der Waals surface area contributed by atoms with Crippen molar-refractivity contribution >= 4 is 23.2 Å². The summed E-state index contributed by atoms with van der Waals surface area (Å²) in [4.78, 5) is 23.3. The Hall–Kier alpha value is -2.21. The van der Waals surface area contributed by atoms with Gasteiger partial charge in [0.1, 0.15) is 10.7 Å². The first-order chi connectivity index (χ1) is 10.5. The van der Waals surface area contributed by atoms with E-state index in [4.69, 9.17) is 5.11 Å². The standard InChI is InChI=1S/C16H16FNO3S/c1-2-12(9-10-3-5-11(17)6-4-10)18-15(19)13-7-8-22-14(13)16(20)21/h3-8,12H,2,9H2,1H3,(H,18,19)(H,20,21). The van der Waals surface area contributed by atoms with Gasteiger partial charge in [-0.15, -0.1) is 11.3 Å². The minimum atomic E-state index is -1.10. The number of hydrogen-bond donors (Lipinski definition) is 2. The lowest BCUT2D eigenvalue weighted by Crippen LogP contribution is -2.36. The summed E-state index contributed by atoms with van der Waals surface area (Å²) in [5, 5.41) is 13.5. The first kappa shape index (κ1) is 16.2. The number of benzene rings is 1. The fourth-order valence-corrected chi connectivity index (χ4v) is 2.85. The van der Waals surface area contributed by atoms with E-state index in [2.05, 4.69) is 5.32 Å². The van der Waals surface area contributed by atoms with Gasteiger partial charge in [-0.05, 0) is 42.0 Å². The molecule has 0 saturated carbocycles. The van der Waals surface area contributed by atoms with Crippen LogP contribution in [0.15, 0.2) is 35.7 Å². The van der Waals surface area contributed by atoms with E-state index in [0.717, 1.165) is 16.9 Å². The van der Waals surface area contributed by atoms with Gasteiger partial charge in [0.25, 0.3) is 5.91 Å². The first-order valence-electron chi connectivity index (χ1n) is 6.87. The Bertz CT molecular complexity index is 666. The summed E-state index contributed by atoms with van der Waals surface area (Å²) in [5.74, 6) is -1.80. The molecular formula is C16H16FNO3S. The zero-order valence-electron chi connectivity index (χ0n) is 12.0. The molecule has 6 heteroatoms. The Morgan fingerprint density at radius 2 is 1.95 bits per heavy atom. The van der Waals surface area contributed by atoms with Crippen molar-refractivity contribution in [1.82, 2.24) is 5.32 Å². The second kappa shape index (κ2) is 7.17. The quantitative estimate of drug-likeness (QED) is 0.857. The highest BCUT2D eigenvalue weighted by Gasteiger charge is 2.20. The van der Waals surface area contributed by atoms with Crippen LogP contribution < -0.4 is 5.32 Å². The van der Waals surface area contributed by atoms with Crippen LogP contribution in [0.4, 0.5) is 4.39 Å². The normalized spacial score (nSPS) is 11.9. The molecule has 0 aliphatic heterocycles. The van der Waals surface area contributed by atoms with Crippen LogP contribution in [-0.4, -0.2) is 23.0 Å². The lowest BCUT2D eigenvalue weighted by molar-refractivity contribution is 0.0696. The number of aromatic carboxylic acids is 1. The highest BCUT2D eigenvalue weighted by molar-refractivity contribution is 7.12. The van der Waals surface area contributed by atoms with Crippen LogP contribution in [0.2, 0.25) is 0 Å². The highest BCUT2D eigenvalue weighted by Crippen LogP contribution is 2.17. The van der Waals surface area contributed by atoms with Crippen molar-refractivity contribution < 1.29 is 19.1 Å². The molecule has 1 amide bonds. The Morgan fingerprint density at radius 3 is 2.55 bits per heavy atom. The second-order valence-corrected chi connectivity index (χ2v) is 5.79. The van der Waals surface area contributed by atoms with Crippen LogP contribution in [-0.2, 0) is 6.42 Å². The number of carboxylic acid groups (broad SMARTS) is 1. The Labute approximate surface area is 131 Å². The Kier molecular flexibility index (Phi) is 5.27. The highest BCUT2D eigenvalue weighted by atomic mass is 32.1. The average molecular weight is 321 g/mol. The number of carbonyl (C=O) groups excluding carboxylic acids is 1. The molecule has 2 N–H and O–H groups in total. The zero-order chi connectivity index (χ0) is 16.1. The van der Waals surface area contributed by atoms with Gasteiger partial charge in [-0.25, -0.2) is 9.18 Å². The molecule has 0 bridgehead atoms. The second-order valence-electron chi connectivity index (χ2n) is 4.88. The number of carbonyl (C=O) groups is 2. The van der Waals surface area contributed by atoms with Gasteiger partial charge in [0.05, 0.1) is 5.56 Å². The van der Waals surface area contributed by atoms with E-state index in [1.165, 1.54) is 18.2 Å². The van der Waals surface area contributed by atoms with Crippen molar-refractivity contribution in [2.45, 2.75) is 25.8 Å². The summed E-state index contributed by atoms with van der Waals surface area (Å²) in [5.41, 5.74) is 1.09. The van der Waals surface area contributed by atoms with Crippen molar-refractivity contribution in [1.29, 1.82) is 0 Å². The number of halogens is 1. The molecule has 0 saturated heterocycles. The summed E-state index contributed by atoms with van der Waals surface area (Å²) in [7, 11) is 0. The molecule has 0 spiro atoms. The van der Waals surface area contributed by atoms with Gasteiger partial charge in [-0.3, -0.25) is 4.79 Å². The van der Waals surface area contributed by atoms with Gasteiger partial charge < -0.3 is 10.4 Å². The number of carboxylic acids is 1. The lowest BCUT2D eigenvalue weighted by Gasteiger charge is -2.17. The smallest absolute Gasteiger partial charge is 0.346 e. The largest absolute Gasteiger partial charge is 0.477 e. The molecule has 1 aromatic carbocycles. The third-order valence-electron chi connectivity index (χ3n) is 3.33. The van der Waals surface area contributed by atoms with Gasteiger partial charge in [0.2, 0.25) is 0 Å². The molecule has 1 heterocycles. The van der Waals surface area contributed by atoms with Crippen molar-refractivity contribution in [3.8, 4) is 0 Å². The number of nitrogens with one attached hydrogen (secondary N) is 1. The van der Waals surface area contributed by atoms with E-state index < -0.39 is 11.9 Å². The molecule has 4 nitrogen and oxygen atoms in total. The van der Waals surface area contributed by atoms with Crippen LogP contribution in [0.1, 0.15) is 38.9 Å². The number of hydrogen-bond acceptors (Lipinski definition) is 3. The van der Waals surface area contributed by atoms with Crippen molar-refractivity contribution in [3.63, 3.8) is 0 Å². The van der Waals surface area contributed by atoms with E-state index in [1.54, 1.807) is 17.5 Å². The van der Waals surface area contributed by atoms with Gasteiger partial charge >= 0.3 is 5.97 Å². The summed E-state index contributed by atoms with van der Waals surface area (Å²) in [6.07, 6.45) is 1.25. The Balaban J connectivity index is 2.06. The van der Waals surface area contributed by atoms with E-state index in [1.807, 2.05) is 6.92 Å². The zero-order valence-corrected chi connectivity index (χ0v) is 12.8. The third kappa shape index (κ3) is 3.92. The maximum Gasteiger partial charge on any atom is 0.346 e. The monoisotopic (exact) mass is 321 g/mol. The molecule has 116 valence electrons. The van der Waals surface area contributed by atoms with Gasteiger partial charge in [0, 0.05) is 6.04 Å². The molecule has 22 heavy (non-hydrogen) atoms. The maximum absolute atomic E-state index is 12.9. The van der Waals surface area contributed by atoms with E-state index in [9.17, 15) is 14.0 Å². The number of rotatable bonds is 6. The fourth-order valence-electron chi connectivity index (χ4n) is 2.12. The summed E-state index contributed by atoms with van der Waals surface area (Å²) < 4.78 is 12.9. The third-order valence-corrected chi connectivity index (χ3v) is 4.23. The van der Waals surface area contributed by atoms with Gasteiger partial charge in [-0.1, -0.05) is 19.1 Å². The molecule has 0 fully saturated rings. The molecule has 1 unspecified atom stereocenters. The predicted octanol–water partition coefficient (Wildman–Crippen LogP) is 3.34. The molecule has 0 radical (unpaired) electrons. The first-order valence-corrected chi connectivity index (χ1v) is 7.75. The molecule has 2 rings (SSSR count). The van der Waals surface area contributed by atoms with Crippen LogP contribution >= 0.6 is 11.3 Å². The van der Waals surface area contributed by atoms with Crippen molar-refractivity contribution in [3.05, 3.63) is 57.5 Å². The van der Waals surface area contributed by atoms with E-state index in [-0.39, 0.29) is 22.3 Å². The molecule has 1 atom stereocenters. The molecule has 1 aromatic heterocycles.